The second-order valence-corrected chi connectivity index (χ2v) is 5.03. The fourth-order valence-electron chi connectivity index (χ4n) is 2.65. The van der Waals surface area contributed by atoms with Crippen LogP contribution in [0.3, 0.4) is 0 Å². The standard InChI is InChI=1S/C13H15NO2/c1-13(2)7-6-8-11-9(16-14-8)4-5-10(15-3)12(11)13/h4-5H,6-7H2,1-3H3. The SMILES string of the molecule is COc1ccc2onc3c2c1C(C)(C)CC3. The molecule has 3 nitrogen and oxygen atoms in total. The van der Waals surface area contributed by atoms with E-state index in [0.29, 0.717) is 0 Å². The first-order chi connectivity index (χ1) is 7.63. The van der Waals surface area contributed by atoms with Crippen molar-refractivity contribution in [1.82, 2.24) is 5.16 Å². The van der Waals surface area contributed by atoms with E-state index in [4.69, 9.17) is 9.26 Å². The Balaban J connectivity index is 2.45. The van der Waals surface area contributed by atoms with Crippen LogP contribution in [0.25, 0.3) is 11.0 Å². The molecule has 84 valence electrons. The maximum atomic E-state index is 5.47. The van der Waals surface area contributed by atoms with Crippen LogP contribution in [0.15, 0.2) is 16.7 Å². The van der Waals surface area contributed by atoms with Gasteiger partial charge in [-0.25, -0.2) is 0 Å². The maximum Gasteiger partial charge on any atom is 0.167 e. The zero-order valence-electron chi connectivity index (χ0n) is 9.83. The van der Waals surface area contributed by atoms with E-state index in [9.17, 15) is 0 Å². The van der Waals surface area contributed by atoms with Gasteiger partial charge in [0.15, 0.2) is 5.58 Å². The zero-order chi connectivity index (χ0) is 11.3. The first kappa shape index (κ1) is 9.70. The van der Waals surface area contributed by atoms with Crippen LogP contribution in [-0.4, -0.2) is 12.3 Å². The third-order valence-electron chi connectivity index (χ3n) is 3.56. The number of rotatable bonds is 1. The summed E-state index contributed by atoms with van der Waals surface area (Å²) >= 11 is 0. The lowest BCUT2D eigenvalue weighted by atomic mass is 9.74. The van der Waals surface area contributed by atoms with Crippen LogP contribution >= 0.6 is 0 Å². The summed E-state index contributed by atoms with van der Waals surface area (Å²) in [6, 6.07) is 3.91. The quantitative estimate of drug-likeness (QED) is 0.736. The highest BCUT2D eigenvalue weighted by atomic mass is 16.5. The van der Waals surface area contributed by atoms with Gasteiger partial charge >= 0.3 is 0 Å². The molecule has 1 aromatic heterocycles. The fraction of sp³-hybridized carbons (Fsp3) is 0.462. The van der Waals surface area contributed by atoms with E-state index in [1.165, 1.54) is 5.56 Å². The second kappa shape index (κ2) is 3.00. The summed E-state index contributed by atoms with van der Waals surface area (Å²) in [4.78, 5) is 0. The Morgan fingerprint density at radius 3 is 2.94 bits per heavy atom. The van der Waals surface area contributed by atoms with E-state index in [0.717, 1.165) is 35.3 Å². The van der Waals surface area contributed by atoms with E-state index in [-0.39, 0.29) is 5.41 Å². The highest BCUT2D eigenvalue weighted by molar-refractivity contribution is 5.87. The van der Waals surface area contributed by atoms with Gasteiger partial charge in [-0.05, 0) is 30.4 Å². The third kappa shape index (κ3) is 1.11. The maximum absolute atomic E-state index is 5.47. The van der Waals surface area contributed by atoms with Crippen molar-refractivity contribution >= 4 is 11.0 Å². The Morgan fingerprint density at radius 1 is 1.38 bits per heavy atom. The van der Waals surface area contributed by atoms with Crippen LogP contribution in [-0.2, 0) is 11.8 Å². The van der Waals surface area contributed by atoms with Gasteiger partial charge in [-0.2, -0.15) is 0 Å². The third-order valence-corrected chi connectivity index (χ3v) is 3.56. The van der Waals surface area contributed by atoms with Gasteiger partial charge < -0.3 is 9.26 Å². The Morgan fingerprint density at radius 2 is 2.19 bits per heavy atom. The van der Waals surface area contributed by atoms with E-state index < -0.39 is 0 Å². The molecule has 0 amide bonds. The average molecular weight is 217 g/mol. The Kier molecular flexibility index (Phi) is 1.82. The highest BCUT2D eigenvalue weighted by Gasteiger charge is 2.33. The summed E-state index contributed by atoms with van der Waals surface area (Å²) in [5, 5.41) is 5.30. The molecule has 1 heterocycles. The molecule has 0 atom stereocenters. The lowest BCUT2D eigenvalue weighted by Crippen LogP contribution is -2.23. The first-order valence-corrected chi connectivity index (χ1v) is 5.59. The van der Waals surface area contributed by atoms with E-state index in [2.05, 4.69) is 19.0 Å². The molecule has 0 spiro atoms. The van der Waals surface area contributed by atoms with Crippen molar-refractivity contribution in [2.24, 2.45) is 0 Å². The van der Waals surface area contributed by atoms with Crippen LogP contribution in [0.4, 0.5) is 0 Å². The molecule has 0 unspecified atom stereocenters. The topological polar surface area (TPSA) is 35.3 Å². The normalized spacial score (nSPS) is 17.7. The van der Waals surface area contributed by atoms with Crippen molar-refractivity contribution in [3.8, 4) is 5.75 Å². The fourth-order valence-corrected chi connectivity index (χ4v) is 2.65. The molecule has 0 saturated carbocycles. The number of benzene rings is 1. The van der Waals surface area contributed by atoms with Crippen LogP contribution in [0, 0.1) is 0 Å². The largest absolute Gasteiger partial charge is 0.496 e. The van der Waals surface area contributed by atoms with Gasteiger partial charge in [0.05, 0.1) is 18.2 Å². The summed E-state index contributed by atoms with van der Waals surface area (Å²) in [5.41, 5.74) is 3.32. The Hall–Kier alpha value is -1.51. The summed E-state index contributed by atoms with van der Waals surface area (Å²) in [5.74, 6) is 0.946. The number of methoxy groups -OCH3 is 1. The molecule has 0 fully saturated rings. The lowest BCUT2D eigenvalue weighted by Gasteiger charge is -2.30. The number of hydrogen-bond donors (Lipinski definition) is 0. The highest BCUT2D eigenvalue weighted by Crippen LogP contribution is 2.45. The van der Waals surface area contributed by atoms with Gasteiger partial charge in [0.25, 0.3) is 0 Å². The number of aryl methyl sites for hydroxylation is 1. The molecule has 2 aromatic rings. The van der Waals surface area contributed by atoms with Crippen molar-refractivity contribution in [3.05, 3.63) is 23.4 Å². The minimum absolute atomic E-state index is 0.128. The molecule has 1 aliphatic rings. The molecule has 16 heavy (non-hydrogen) atoms. The van der Waals surface area contributed by atoms with Crippen molar-refractivity contribution < 1.29 is 9.26 Å². The van der Waals surface area contributed by atoms with Crippen molar-refractivity contribution in [1.29, 1.82) is 0 Å². The zero-order valence-corrected chi connectivity index (χ0v) is 9.83. The molecular formula is C13H15NO2. The summed E-state index contributed by atoms with van der Waals surface area (Å²) in [6.45, 7) is 4.50. The van der Waals surface area contributed by atoms with Crippen molar-refractivity contribution in [2.75, 3.05) is 7.11 Å². The van der Waals surface area contributed by atoms with Gasteiger partial charge in [-0.3, -0.25) is 0 Å². The number of ether oxygens (including phenoxy) is 1. The van der Waals surface area contributed by atoms with Crippen LogP contribution in [0.1, 0.15) is 31.5 Å². The minimum atomic E-state index is 0.128. The number of aromatic nitrogens is 1. The predicted molar refractivity (Wildman–Crippen MR) is 61.9 cm³/mol. The number of hydrogen-bond acceptors (Lipinski definition) is 3. The summed E-state index contributed by atoms with van der Waals surface area (Å²) in [7, 11) is 1.72. The average Bonchev–Trinajstić information content (AvgIpc) is 2.67. The van der Waals surface area contributed by atoms with Crippen LogP contribution < -0.4 is 4.74 Å². The van der Waals surface area contributed by atoms with Crippen LogP contribution in [0.5, 0.6) is 5.75 Å². The Bertz CT molecular complexity index is 554. The smallest absolute Gasteiger partial charge is 0.167 e. The lowest BCUT2D eigenvalue weighted by molar-refractivity contribution is 0.383. The second-order valence-electron chi connectivity index (χ2n) is 5.03. The van der Waals surface area contributed by atoms with Crippen molar-refractivity contribution in [3.63, 3.8) is 0 Å². The van der Waals surface area contributed by atoms with Gasteiger partial charge in [0.2, 0.25) is 0 Å². The van der Waals surface area contributed by atoms with Gasteiger partial charge in [0.1, 0.15) is 5.75 Å². The predicted octanol–water partition coefficient (Wildman–Crippen LogP) is 3.06. The first-order valence-electron chi connectivity index (χ1n) is 5.59. The van der Waals surface area contributed by atoms with Gasteiger partial charge in [-0.15, -0.1) is 0 Å². The minimum Gasteiger partial charge on any atom is -0.496 e. The Labute approximate surface area is 94.4 Å². The molecule has 3 rings (SSSR count). The molecular weight excluding hydrogens is 202 g/mol. The molecule has 0 bridgehead atoms. The summed E-state index contributed by atoms with van der Waals surface area (Å²) in [6.07, 6.45) is 2.07. The van der Waals surface area contributed by atoms with E-state index in [1.54, 1.807) is 7.11 Å². The molecule has 0 aliphatic heterocycles. The van der Waals surface area contributed by atoms with E-state index >= 15 is 0 Å². The van der Waals surface area contributed by atoms with Gasteiger partial charge in [0, 0.05) is 5.56 Å². The summed E-state index contributed by atoms with van der Waals surface area (Å²) < 4.78 is 10.8. The molecule has 1 aliphatic carbocycles. The molecule has 0 saturated heterocycles. The molecule has 3 heteroatoms. The van der Waals surface area contributed by atoms with Crippen LogP contribution in [0.2, 0.25) is 0 Å². The molecule has 0 radical (unpaired) electrons. The monoisotopic (exact) mass is 217 g/mol. The molecule has 0 N–H and O–H groups in total. The van der Waals surface area contributed by atoms with Crippen molar-refractivity contribution in [2.45, 2.75) is 32.1 Å². The van der Waals surface area contributed by atoms with E-state index in [1.807, 2.05) is 12.1 Å². The number of nitrogens with zero attached hydrogens (tertiary/aromatic N) is 1. The molecule has 1 aromatic carbocycles. The van der Waals surface area contributed by atoms with Gasteiger partial charge in [-0.1, -0.05) is 19.0 Å².